The molecule has 0 N–H and O–H groups in total. The Morgan fingerprint density at radius 1 is 0.476 bits per heavy atom. The summed E-state index contributed by atoms with van der Waals surface area (Å²) in [5.41, 5.74) is 0. The van der Waals surface area contributed by atoms with Gasteiger partial charge in [-0.1, -0.05) is 0 Å². The molecule has 0 heterocycles. The minimum atomic E-state index is -1.76. The molecule has 0 aliphatic carbocycles. The van der Waals surface area contributed by atoms with Gasteiger partial charge in [0.25, 0.3) is 0 Å². The molecule has 0 radical (unpaired) electrons. The van der Waals surface area contributed by atoms with Crippen LogP contribution in [0.3, 0.4) is 0 Å². The summed E-state index contributed by atoms with van der Waals surface area (Å²) in [5.74, 6) is 0. The van der Waals surface area contributed by atoms with Crippen molar-refractivity contribution in [3.63, 3.8) is 0 Å². The Bertz CT molecular complexity index is 187. The van der Waals surface area contributed by atoms with Crippen LogP contribution in [0.5, 0.6) is 0 Å². The zero-order valence-corrected chi connectivity index (χ0v) is 20.0. The van der Waals surface area contributed by atoms with E-state index in [1.807, 2.05) is 0 Å². The summed E-state index contributed by atoms with van der Waals surface area (Å²) in [6.45, 7) is 4.59. The number of rotatable bonds is 16. The van der Waals surface area contributed by atoms with Crippen LogP contribution in [0.2, 0.25) is 8.94 Å². The number of hydrogen-bond acceptors (Lipinski definition) is 0. The van der Waals surface area contributed by atoms with E-state index in [-0.39, 0.29) is 0 Å². The van der Waals surface area contributed by atoms with Crippen LogP contribution < -0.4 is 0 Å². The minimum absolute atomic E-state index is 1.36. The van der Waals surface area contributed by atoms with Crippen molar-refractivity contribution in [3.8, 4) is 0 Å². The second-order valence-electron chi connectivity index (χ2n) is 6.35. The van der Waals surface area contributed by atoms with E-state index in [0.29, 0.717) is 0 Å². The molecule has 0 nitrogen and oxygen atoms in total. The Kier molecular flexibility index (Phi) is 18.0. The summed E-state index contributed by atoms with van der Waals surface area (Å²) in [6.07, 6.45) is 20.1. The number of halogens is 2. The fourth-order valence-corrected chi connectivity index (χ4v) is 12.9. The Morgan fingerprint density at radius 2 is 0.762 bits per heavy atom. The summed E-state index contributed by atoms with van der Waals surface area (Å²) in [4.78, 5) is 0. The molecule has 21 heavy (non-hydrogen) atoms. The van der Waals surface area contributed by atoms with Crippen molar-refractivity contribution in [1.29, 1.82) is 0 Å². The van der Waals surface area contributed by atoms with Crippen LogP contribution in [-0.4, -0.2) is 13.8 Å². The summed E-state index contributed by atoms with van der Waals surface area (Å²) in [7, 11) is 0. The summed E-state index contributed by atoms with van der Waals surface area (Å²) in [6, 6.07) is 0. The van der Waals surface area contributed by atoms with Gasteiger partial charge >= 0.3 is 152 Å². The molecular formula is C18H38Br2Te. The van der Waals surface area contributed by atoms with Crippen molar-refractivity contribution in [2.24, 2.45) is 0 Å². The van der Waals surface area contributed by atoms with Crippen LogP contribution >= 0.6 is 25.5 Å². The predicted molar refractivity (Wildman–Crippen MR) is 109 cm³/mol. The zero-order valence-electron chi connectivity index (χ0n) is 14.5. The normalized spacial score (nSPS) is 12.8. The zero-order chi connectivity index (χ0) is 15.8. The third-order valence-electron chi connectivity index (χ3n) is 4.09. The van der Waals surface area contributed by atoms with Crippen LogP contribution in [0, 0.1) is 0 Å². The van der Waals surface area contributed by atoms with E-state index in [0.717, 1.165) is 0 Å². The van der Waals surface area contributed by atoms with Gasteiger partial charge in [-0.25, -0.2) is 0 Å². The van der Waals surface area contributed by atoms with Crippen molar-refractivity contribution < 1.29 is 0 Å². The Morgan fingerprint density at radius 3 is 1.10 bits per heavy atom. The van der Waals surface area contributed by atoms with E-state index in [1.54, 1.807) is 0 Å². The molecule has 0 unspecified atom stereocenters. The number of unbranched alkanes of at least 4 members (excludes halogenated alkanes) is 12. The molecule has 0 saturated heterocycles. The van der Waals surface area contributed by atoms with Crippen molar-refractivity contribution in [3.05, 3.63) is 0 Å². The molecule has 130 valence electrons. The van der Waals surface area contributed by atoms with Gasteiger partial charge in [0.15, 0.2) is 0 Å². The van der Waals surface area contributed by atoms with Gasteiger partial charge in [0, 0.05) is 0 Å². The predicted octanol–water partition coefficient (Wildman–Crippen LogP) is 8.72. The molecular weight excluding hydrogens is 504 g/mol. The molecule has 0 bridgehead atoms. The van der Waals surface area contributed by atoms with E-state index >= 15 is 0 Å². The van der Waals surface area contributed by atoms with E-state index < -0.39 is 13.8 Å². The van der Waals surface area contributed by atoms with E-state index in [9.17, 15) is 0 Å². The second kappa shape index (κ2) is 16.6. The Labute approximate surface area is 151 Å². The summed E-state index contributed by atoms with van der Waals surface area (Å²) in [5, 5.41) is 0. The first-order chi connectivity index (χ1) is 10.1. The van der Waals surface area contributed by atoms with E-state index in [2.05, 4.69) is 39.4 Å². The Hall–Kier alpha value is 1.75. The van der Waals surface area contributed by atoms with Crippen molar-refractivity contribution in [1.82, 2.24) is 0 Å². The van der Waals surface area contributed by atoms with E-state index in [1.165, 1.54) is 98.8 Å². The Balaban J connectivity index is 3.35. The van der Waals surface area contributed by atoms with Crippen LogP contribution in [0.4, 0.5) is 0 Å². The van der Waals surface area contributed by atoms with Crippen molar-refractivity contribution in [2.75, 3.05) is 0 Å². The molecule has 0 aliphatic heterocycles. The van der Waals surface area contributed by atoms with Crippen molar-refractivity contribution in [2.45, 2.75) is 113 Å². The van der Waals surface area contributed by atoms with Crippen LogP contribution in [0.15, 0.2) is 0 Å². The van der Waals surface area contributed by atoms with Crippen LogP contribution in [0.1, 0.15) is 104 Å². The molecule has 0 fully saturated rings. The molecule has 0 amide bonds. The van der Waals surface area contributed by atoms with Gasteiger partial charge in [-0.15, -0.1) is 0 Å². The van der Waals surface area contributed by atoms with Gasteiger partial charge in [-0.05, 0) is 0 Å². The molecule has 0 atom stereocenters. The quantitative estimate of drug-likeness (QED) is 0.135. The molecule has 0 rings (SSSR count). The average Bonchev–Trinajstić information content (AvgIpc) is 2.45. The molecule has 0 aromatic heterocycles. The van der Waals surface area contributed by atoms with Gasteiger partial charge in [-0.3, -0.25) is 0 Å². The summed E-state index contributed by atoms with van der Waals surface area (Å²) < 4.78 is 2.93. The van der Waals surface area contributed by atoms with Gasteiger partial charge in [0.05, 0.1) is 0 Å². The molecule has 0 spiro atoms. The summed E-state index contributed by atoms with van der Waals surface area (Å²) >= 11 is 6.39. The first-order valence-corrected chi connectivity index (χ1v) is 23.0. The molecule has 0 aromatic rings. The van der Waals surface area contributed by atoms with Crippen LogP contribution in [-0.2, 0) is 0 Å². The number of hydrogen-bond donors (Lipinski definition) is 0. The third kappa shape index (κ3) is 17.9. The van der Waals surface area contributed by atoms with Gasteiger partial charge in [0.1, 0.15) is 0 Å². The van der Waals surface area contributed by atoms with Gasteiger partial charge < -0.3 is 0 Å². The fourth-order valence-electron chi connectivity index (χ4n) is 2.64. The standard InChI is InChI=1S/C18H38Br2Te/c1-3-5-7-9-11-13-15-17-21(19,20)18-16-14-12-10-8-6-4-2/h3-18H2,1-2H3. The molecule has 0 saturated carbocycles. The maximum absolute atomic E-state index is 4.08. The van der Waals surface area contributed by atoms with Crippen LogP contribution in [0.25, 0.3) is 0 Å². The SMILES string of the molecule is CCCCCCCCC[Te](Br)(Br)CCCCCCCCC. The fraction of sp³-hybridized carbons (Fsp3) is 1.00. The first kappa shape index (κ1) is 22.7. The molecule has 0 aliphatic rings. The van der Waals surface area contributed by atoms with Gasteiger partial charge in [-0.2, -0.15) is 0 Å². The van der Waals surface area contributed by atoms with Crippen molar-refractivity contribution >= 4 is 39.3 Å². The average molecular weight is 542 g/mol. The molecule has 3 heteroatoms. The molecule has 0 aromatic carbocycles. The second-order valence-corrected chi connectivity index (χ2v) is 35.1. The maximum atomic E-state index is 4.08. The third-order valence-corrected chi connectivity index (χ3v) is 17.8. The van der Waals surface area contributed by atoms with Gasteiger partial charge in [0.2, 0.25) is 0 Å². The first-order valence-electron chi connectivity index (χ1n) is 9.30. The van der Waals surface area contributed by atoms with E-state index in [4.69, 9.17) is 0 Å². The topological polar surface area (TPSA) is 0 Å². The monoisotopic (exact) mass is 542 g/mol.